The van der Waals surface area contributed by atoms with E-state index >= 15 is 0 Å². The molecule has 1 aliphatic heterocycles. The number of hydrogen-bond donors (Lipinski definition) is 2. The zero-order chi connectivity index (χ0) is 22.7. The van der Waals surface area contributed by atoms with Crippen LogP contribution in [-0.2, 0) is 15.1 Å². The van der Waals surface area contributed by atoms with Crippen LogP contribution in [-0.4, -0.2) is 29.3 Å². The molecule has 1 fully saturated rings. The van der Waals surface area contributed by atoms with Crippen molar-refractivity contribution in [3.63, 3.8) is 0 Å². The molecule has 0 saturated carbocycles. The van der Waals surface area contributed by atoms with Crippen molar-refractivity contribution in [2.45, 2.75) is 5.54 Å². The second kappa shape index (κ2) is 8.53. The molecule has 2 N–H and O–H groups in total. The van der Waals surface area contributed by atoms with Crippen LogP contribution in [0, 0.1) is 11.3 Å². The number of amides is 4. The highest BCUT2D eigenvalue weighted by Crippen LogP contribution is 2.35. The van der Waals surface area contributed by atoms with Gasteiger partial charge in [-0.3, -0.25) is 14.5 Å². The van der Waals surface area contributed by atoms with Gasteiger partial charge in [0.1, 0.15) is 12.6 Å². The largest absolute Gasteiger partial charge is 0.326 e. The van der Waals surface area contributed by atoms with Crippen molar-refractivity contribution in [2.24, 2.45) is 0 Å². The molecule has 4 amide bonds. The Kier molecular flexibility index (Phi) is 5.63. The van der Waals surface area contributed by atoms with Crippen LogP contribution in [0.2, 0.25) is 5.02 Å². The number of urea groups is 1. The van der Waals surface area contributed by atoms with Gasteiger partial charge in [-0.05, 0) is 29.3 Å². The number of nitrogens with zero attached hydrogens (tertiary/aromatic N) is 2. The number of carbonyl (C=O) groups excluding carboxylic acids is 3. The van der Waals surface area contributed by atoms with Gasteiger partial charge >= 0.3 is 6.03 Å². The molecule has 32 heavy (non-hydrogen) atoms. The normalized spacial score (nSPS) is 14.6. The highest BCUT2D eigenvalue weighted by Gasteiger charge is 2.54. The van der Waals surface area contributed by atoms with E-state index in [4.69, 9.17) is 16.9 Å². The van der Waals surface area contributed by atoms with Crippen molar-refractivity contribution in [1.82, 2.24) is 10.2 Å². The maximum Gasteiger partial charge on any atom is 0.326 e. The molecule has 3 aromatic rings. The summed E-state index contributed by atoms with van der Waals surface area (Å²) in [4.78, 5) is 39.9. The lowest BCUT2D eigenvalue weighted by Crippen LogP contribution is -2.45. The Bertz CT molecular complexity index is 1200. The van der Waals surface area contributed by atoms with Crippen LogP contribution >= 0.6 is 11.6 Å². The first-order valence-electron chi connectivity index (χ1n) is 9.70. The molecule has 0 unspecified atom stereocenters. The summed E-state index contributed by atoms with van der Waals surface area (Å²) >= 11 is 6.00. The summed E-state index contributed by atoms with van der Waals surface area (Å²) in [5, 5.41) is 14.5. The molecule has 0 bridgehead atoms. The Morgan fingerprint density at radius 3 is 2.12 bits per heavy atom. The highest BCUT2D eigenvalue weighted by atomic mass is 35.5. The lowest BCUT2D eigenvalue weighted by Gasteiger charge is -2.28. The number of anilines is 1. The van der Waals surface area contributed by atoms with Gasteiger partial charge in [0.25, 0.3) is 5.91 Å². The van der Waals surface area contributed by atoms with Gasteiger partial charge in [-0.1, -0.05) is 72.3 Å². The Morgan fingerprint density at radius 2 is 1.59 bits per heavy atom. The van der Waals surface area contributed by atoms with E-state index in [-0.39, 0.29) is 10.6 Å². The van der Waals surface area contributed by atoms with Crippen LogP contribution in [0.3, 0.4) is 0 Å². The molecule has 1 heterocycles. The standard InChI is InChI=1S/C24H17ClN4O3/c25-20-13-19(12-11-16(20)14-26)27-21(30)15-29-22(31)24(28-23(29)32,17-7-3-1-4-8-17)18-9-5-2-6-10-18/h1-13H,15H2,(H,27,30)(H,28,32). The number of nitriles is 1. The summed E-state index contributed by atoms with van der Waals surface area (Å²) in [5.74, 6) is -1.13. The zero-order valence-corrected chi connectivity index (χ0v) is 17.5. The Morgan fingerprint density at radius 1 is 1.00 bits per heavy atom. The lowest BCUT2D eigenvalue weighted by atomic mass is 9.82. The first-order valence-corrected chi connectivity index (χ1v) is 10.1. The number of imide groups is 1. The molecule has 0 radical (unpaired) electrons. The molecule has 4 rings (SSSR count). The van der Waals surface area contributed by atoms with Gasteiger partial charge in [0.15, 0.2) is 5.54 Å². The predicted octanol–water partition coefficient (Wildman–Crippen LogP) is 3.65. The summed E-state index contributed by atoms with van der Waals surface area (Å²) in [5.41, 5.74) is 0.368. The molecule has 0 atom stereocenters. The first-order chi connectivity index (χ1) is 15.5. The van der Waals surface area contributed by atoms with Crippen LogP contribution in [0.4, 0.5) is 10.5 Å². The van der Waals surface area contributed by atoms with Crippen LogP contribution in [0.5, 0.6) is 0 Å². The van der Waals surface area contributed by atoms with Gasteiger partial charge in [0.2, 0.25) is 5.91 Å². The van der Waals surface area contributed by atoms with E-state index in [1.165, 1.54) is 18.2 Å². The molecule has 3 aromatic carbocycles. The average molecular weight is 445 g/mol. The van der Waals surface area contributed by atoms with Crippen molar-refractivity contribution >= 4 is 35.1 Å². The van der Waals surface area contributed by atoms with Gasteiger partial charge < -0.3 is 10.6 Å². The minimum Gasteiger partial charge on any atom is -0.324 e. The Labute approximate surface area is 189 Å². The highest BCUT2D eigenvalue weighted by molar-refractivity contribution is 6.32. The quantitative estimate of drug-likeness (QED) is 0.586. The van der Waals surface area contributed by atoms with Gasteiger partial charge in [-0.25, -0.2) is 4.79 Å². The molecule has 1 aliphatic rings. The lowest BCUT2D eigenvalue weighted by molar-refractivity contribution is -0.133. The maximum absolute atomic E-state index is 13.6. The molecular weight excluding hydrogens is 428 g/mol. The van der Waals surface area contributed by atoms with Gasteiger partial charge in [-0.2, -0.15) is 5.26 Å². The van der Waals surface area contributed by atoms with E-state index < -0.39 is 29.9 Å². The SMILES string of the molecule is N#Cc1ccc(NC(=O)CN2C(=O)NC(c3ccccc3)(c3ccccc3)C2=O)cc1Cl. The molecule has 0 aliphatic carbocycles. The second-order valence-electron chi connectivity index (χ2n) is 7.16. The fraction of sp³-hybridized carbons (Fsp3) is 0.0833. The maximum atomic E-state index is 13.6. The fourth-order valence-electron chi connectivity index (χ4n) is 3.68. The number of hydrogen-bond acceptors (Lipinski definition) is 4. The monoisotopic (exact) mass is 444 g/mol. The number of rotatable bonds is 5. The number of benzene rings is 3. The summed E-state index contributed by atoms with van der Waals surface area (Å²) in [6.45, 7) is -0.482. The Balaban J connectivity index is 1.62. The minimum absolute atomic E-state index is 0.187. The topological polar surface area (TPSA) is 102 Å². The van der Waals surface area contributed by atoms with Crippen LogP contribution in [0.15, 0.2) is 78.9 Å². The minimum atomic E-state index is -1.43. The van der Waals surface area contributed by atoms with Gasteiger partial charge in [-0.15, -0.1) is 0 Å². The van der Waals surface area contributed by atoms with Crippen molar-refractivity contribution in [1.29, 1.82) is 5.26 Å². The van der Waals surface area contributed by atoms with E-state index in [9.17, 15) is 14.4 Å². The number of halogens is 1. The number of nitrogens with one attached hydrogen (secondary N) is 2. The molecule has 0 aromatic heterocycles. The summed E-state index contributed by atoms with van der Waals surface area (Å²) < 4.78 is 0. The van der Waals surface area contributed by atoms with Crippen LogP contribution in [0.1, 0.15) is 16.7 Å². The summed E-state index contributed by atoms with van der Waals surface area (Å²) in [6, 6.07) is 23.5. The van der Waals surface area contributed by atoms with E-state index in [0.29, 0.717) is 16.8 Å². The molecule has 158 valence electrons. The third-order valence-corrected chi connectivity index (χ3v) is 5.51. The molecular formula is C24H17ClN4O3. The molecule has 8 heteroatoms. The first kappa shape index (κ1) is 21.1. The van der Waals surface area contributed by atoms with Crippen LogP contribution < -0.4 is 10.6 Å². The average Bonchev–Trinajstić information content (AvgIpc) is 3.06. The zero-order valence-electron chi connectivity index (χ0n) is 16.7. The van der Waals surface area contributed by atoms with Crippen molar-refractivity contribution in [3.8, 4) is 6.07 Å². The van der Waals surface area contributed by atoms with E-state index in [1.54, 1.807) is 48.5 Å². The van der Waals surface area contributed by atoms with Gasteiger partial charge in [0, 0.05) is 5.69 Å². The molecule has 1 saturated heterocycles. The fourth-order valence-corrected chi connectivity index (χ4v) is 3.90. The number of carbonyl (C=O) groups is 3. The Hall–Kier alpha value is -4.15. The summed E-state index contributed by atoms with van der Waals surface area (Å²) in [7, 11) is 0. The smallest absolute Gasteiger partial charge is 0.324 e. The van der Waals surface area contributed by atoms with E-state index in [1.807, 2.05) is 18.2 Å². The predicted molar refractivity (Wildman–Crippen MR) is 119 cm³/mol. The van der Waals surface area contributed by atoms with Crippen molar-refractivity contribution in [2.75, 3.05) is 11.9 Å². The van der Waals surface area contributed by atoms with Crippen molar-refractivity contribution < 1.29 is 14.4 Å². The van der Waals surface area contributed by atoms with Crippen molar-refractivity contribution in [3.05, 3.63) is 101 Å². The third-order valence-electron chi connectivity index (χ3n) is 5.19. The molecule has 0 spiro atoms. The second-order valence-corrected chi connectivity index (χ2v) is 7.57. The summed E-state index contributed by atoms with van der Waals surface area (Å²) in [6.07, 6.45) is 0. The van der Waals surface area contributed by atoms with E-state index in [2.05, 4.69) is 10.6 Å². The van der Waals surface area contributed by atoms with Crippen LogP contribution in [0.25, 0.3) is 0 Å². The third kappa shape index (κ3) is 3.68. The van der Waals surface area contributed by atoms with E-state index in [0.717, 1.165) is 4.90 Å². The van der Waals surface area contributed by atoms with Gasteiger partial charge in [0.05, 0.1) is 10.6 Å². The molecule has 7 nitrogen and oxygen atoms in total.